The Hall–Kier alpha value is -1.90. The first-order valence-electron chi connectivity index (χ1n) is 6.37. The highest BCUT2D eigenvalue weighted by Crippen LogP contribution is 2.22. The zero-order valence-electron chi connectivity index (χ0n) is 11.7. The molecular weight excluding hydrogens is 300 g/mol. The molecule has 1 aromatic heterocycles. The summed E-state index contributed by atoms with van der Waals surface area (Å²) in [4.78, 5) is 24.6. The van der Waals surface area contributed by atoms with Gasteiger partial charge in [-0.2, -0.15) is 0 Å². The summed E-state index contributed by atoms with van der Waals surface area (Å²) in [6.45, 7) is 2.58. The number of aryl methyl sites for hydroxylation is 2. The van der Waals surface area contributed by atoms with E-state index in [0.717, 1.165) is 4.90 Å². The first-order valence-corrected chi connectivity index (χ1v) is 8.19. The summed E-state index contributed by atoms with van der Waals surface area (Å²) in [5.41, 5.74) is 0.550. The maximum absolute atomic E-state index is 12.5. The number of carboxylic acid groups (broad SMARTS) is 1. The van der Waals surface area contributed by atoms with Crippen molar-refractivity contribution in [2.45, 2.75) is 26.3 Å². The highest BCUT2D eigenvalue weighted by molar-refractivity contribution is 7.91. The van der Waals surface area contributed by atoms with Gasteiger partial charge in [0, 0.05) is 6.04 Å². The number of carboxylic acids is 1. The van der Waals surface area contributed by atoms with Gasteiger partial charge in [-0.1, -0.05) is 5.16 Å². The first kappa shape index (κ1) is 15.5. The Morgan fingerprint density at radius 3 is 2.52 bits per heavy atom. The summed E-state index contributed by atoms with van der Waals surface area (Å²) in [7, 11) is -3.22. The first-order chi connectivity index (χ1) is 9.71. The average Bonchev–Trinajstić information content (AvgIpc) is 2.88. The molecular formula is C12H16N2O6S. The van der Waals surface area contributed by atoms with Gasteiger partial charge in [-0.25, -0.2) is 8.42 Å². The van der Waals surface area contributed by atoms with E-state index in [0.29, 0.717) is 5.69 Å². The molecule has 0 radical (unpaired) electrons. The Balaban J connectivity index is 2.33. The van der Waals surface area contributed by atoms with Gasteiger partial charge < -0.3 is 14.5 Å². The lowest BCUT2D eigenvalue weighted by atomic mass is 10.1. The van der Waals surface area contributed by atoms with Crippen LogP contribution < -0.4 is 0 Å². The number of hydrogen-bond donors (Lipinski definition) is 1. The predicted octanol–water partition coefficient (Wildman–Crippen LogP) is 0.00534. The summed E-state index contributed by atoms with van der Waals surface area (Å²) in [6, 6.07) is -0.632. The lowest BCUT2D eigenvalue weighted by Crippen LogP contribution is -2.44. The fourth-order valence-corrected chi connectivity index (χ4v) is 4.20. The third-order valence-corrected chi connectivity index (χ3v) is 5.21. The molecule has 21 heavy (non-hydrogen) atoms. The second kappa shape index (κ2) is 5.47. The molecule has 1 atom stereocenters. The van der Waals surface area contributed by atoms with Crippen molar-refractivity contribution in [3.05, 3.63) is 17.0 Å². The molecule has 0 aromatic carbocycles. The fourth-order valence-electron chi connectivity index (χ4n) is 2.47. The number of carbonyl (C=O) groups is 2. The number of aromatic nitrogens is 1. The van der Waals surface area contributed by atoms with Crippen LogP contribution in [0.3, 0.4) is 0 Å². The molecule has 1 saturated heterocycles. The van der Waals surface area contributed by atoms with Gasteiger partial charge in [-0.15, -0.1) is 0 Å². The topological polar surface area (TPSA) is 118 Å². The van der Waals surface area contributed by atoms with E-state index in [2.05, 4.69) is 5.16 Å². The molecule has 2 rings (SSSR count). The van der Waals surface area contributed by atoms with Gasteiger partial charge in [-0.3, -0.25) is 9.59 Å². The number of rotatable bonds is 4. The molecule has 116 valence electrons. The lowest BCUT2D eigenvalue weighted by Gasteiger charge is -2.26. The number of nitrogens with zero attached hydrogens (tertiary/aromatic N) is 2. The highest BCUT2D eigenvalue weighted by Gasteiger charge is 2.37. The number of hydrogen-bond acceptors (Lipinski definition) is 6. The van der Waals surface area contributed by atoms with Crippen LogP contribution in [0.1, 0.15) is 28.2 Å². The molecule has 1 unspecified atom stereocenters. The highest BCUT2D eigenvalue weighted by atomic mass is 32.2. The van der Waals surface area contributed by atoms with Crippen molar-refractivity contribution in [3.8, 4) is 0 Å². The molecule has 1 amide bonds. The third kappa shape index (κ3) is 3.23. The number of sulfone groups is 1. The van der Waals surface area contributed by atoms with Crippen LogP contribution in [0.5, 0.6) is 0 Å². The Bertz CT molecular complexity index is 658. The normalized spacial score (nSPS) is 20.4. The van der Waals surface area contributed by atoms with E-state index in [1.54, 1.807) is 13.8 Å². The maximum Gasteiger partial charge on any atom is 0.323 e. The standard InChI is InChI=1S/C12H16N2O6S/c1-7-11(8(2)20-13-7)12(17)14(5-10(15)16)9-3-4-21(18,19)6-9/h9H,3-6H2,1-2H3,(H,15,16). The Morgan fingerprint density at radius 1 is 1.43 bits per heavy atom. The summed E-state index contributed by atoms with van der Waals surface area (Å²) in [5, 5.41) is 12.6. The van der Waals surface area contributed by atoms with Gasteiger partial charge in [0.1, 0.15) is 17.9 Å². The SMILES string of the molecule is Cc1noc(C)c1C(=O)N(CC(=O)O)C1CCS(=O)(=O)C1. The van der Waals surface area contributed by atoms with Crippen LogP contribution in [0.15, 0.2) is 4.52 Å². The molecule has 2 heterocycles. The van der Waals surface area contributed by atoms with Crippen molar-refractivity contribution in [1.29, 1.82) is 0 Å². The average molecular weight is 316 g/mol. The molecule has 1 N–H and O–H groups in total. The monoisotopic (exact) mass is 316 g/mol. The minimum atomic E-state index is -3.22. The summed E-state index contributed by atoms with van der Waals surface area (Å²) < 4.78 is 28.0. The largest absolute Gasteiger partial charge is 0.480 e. The zero-order valence-corrected chi connectivity index (χ0v) is 12.5. The molecule has 0 spiro atoms. The molecule has 9 heteroatoms. The van der Waals surface area contributed by atoms with Gasteiger partial charge in [0.25, 0.3) is 5.91 Å². The molecule has 0 aliphatic carbocycles. The van der Waals surface area contributed by atoms with Crippen LogP contribution >= 0.6 is 0 Å². The molecule has 1 aliphatic rings. The van der Waals surface area contributed by atoms with Crippen molar-refractivity contribution >= 4 is 21.7 Å². The van der Waals surface area contributed by atoms with Gasteiger partial charge in [-0.05, 0) is 20.3 Å². The number of carbonyl (C=O) groups excluding carboxylic acids is 1. The van der Waals surface area contributed by atoms with Gasteiger partial charge in [0.2, 0.25) is 0 Å². The molecule has 0 saturated carbocycles. The third-order valence-electron chi connectivity index (χ3n) is 3.46. The van der Waals surface area contributed by atoms with Crippen LogP contribution in [0.25, 0.3) is 0 Å². The minimum absolute atomic E-state index is 0.0390. The minimum Gasteiger partial charge on any atom is -0.480 e. The molecule has 1 aromatic rings. The van der Waals surface area contributed by atoms with Gasteiger partial charge in [0.05, 0.1) is 17.2 Å². The van der Waals surface area contributed by atoms with Crippen LogP contribution in [0.4, 0.5) is 0 Å². The zero-order chi connectivity index (χ0) is 15.8. The van der Waals surface area contributed by atoms with E-state index >= 15 is 0 Å². The number of aliphatic carboxylic acids is 1. The maximum atomic E-state index is 12.5. The molecule has 0 bridgehead atoms. The second-order valence-electron chi connectivity index (χ2n) is 5.08. The Labute approximate surface area is 121 Å². The van der Waals surface area contributed by atoms with Crippen molar-refractivity contribution in [2.75, 3.05) is 18.1 Å². The predicted molar refractivity (Wildman–Crippen MR) is 71.7 cm³/mol. The summed E-state index contributed by atoms with van der Waals surface area (Å²) >= 11 is 0. The van der Waals surface area contributed by atoms with Crippen LogP contribution in [-0.2, 0) is 14.6 Å². The summed E-state index contributed by atoms with van der Waals surface area (Å²) in [5.74, 6) is -1.72. The van der Waals surface area contributed by atoms with E-state index in [-0.39, 0.29) is 29.3 Å². The smallest absolute Gasteiger partial charge is 0.323 e. The van der Waals surface area contributed by atoms with E-state index in [1.807, 2.05) is 0 Å². The van der Waals surface area contributed by atoms with E-state index in [9.17, 15) is 18.0 Å². The van der Waals surface area contributed by atoms with E-state index < -0.39 is 34.3 Å². The Morgan fingerprint density at radius 2 is 2.10 bits per heavy atom. The van der Waals surface area contributed by atoms with Crippen molar-refractivity contribution < 1.29 is 27.6 Å². The quantitative estimate of drug-likeness (QED) is 0.831. The molecule has 1 fully saturated rings. The van der Waals surface area contributed by atoms with Crippen molar-refractivity contribution in [1.82, 2.24) is 10.1 Å². The fraction of sp³-hybridized carbons (Fsp3) is 0.583. The van der Waals surface area contributed by atoms with Crippen LogP contribution in [0.2, 0.25) is 0 Å². The van der Waals surface area contributed by atoms with Gasteiger partial charge >= 0.3 is 5.97 Å². The van der Waals surface area contributed by atoms with E-state index in [4.69, 9.17) is 9.63 Å². The summed E-state index contributed by atoms with van der Waals surface area (Å²) in [6.07, 6.45) is 0.241. The molecule has 1 aliphatic heterocycles. The Kier molecular flexibility index (Phi) is 4.04. The van der Waals surface area contributed by atoms with Crippen molar-refractivity contribution in [2.24, 2.45) is 0 Å². The van der Waals surface area contributed by atoms with Crippen LogP contribution in [-0.4, -0.2) is 59.5 Å². The van der Waals surface area contributed by atoms with Gasteiger partial charge in [0.15, 0.2) is 9.84 Å². The number of amides is 1. The van der Waals surface area contributed by atoms with Crippen LogP contribution in [0, 0.1) is 13.8 Å². The lowest BCUT2D eigenvalue weighted by molar-refractivity contribution is -0.138. The second-order valence-corrected chi connectivity index (χ2v) is 7.31. The molecule has 8 nitrogen and oxygen atoms in total. The van der Waals surface area contributed by atoms with Crippen molar-refractivity contribution in [3.63, 3.8) is 0 Å². The van der Waals surface area contributed by atoms with E-state index in [1.165, 1.54) is 0 Å².